The number of hydrogen-bond acceptors (Lipinski definition) is 1. The number of nitrogens with zero attached hydrogens (tertiary/aromatic N) is 1. The summed E-state index contributed by atoms with van der Waals surface area (Å²) in [5.74, 6) is 0. The van der Waals surface area contributed by atoms with Crippen LogP contribution in [-0.4, -0.2) is 12.3 Å². The van der Waals surface area contributed by atoms with Crippen molar-refractivity contribution in [1.82, 2.24) is 0 Å². The summed E-state index contributed by atoms with van der Waals surface area (Å²) in [6.45, 7) is 3.77. The molecule has 2 nitrogen and oxygen atoms in total. The van der Waals surface area contributed by atoms with Gasteiger partial charge in [-0.3, -0.25) is 4.57 Å². The summed E-state index contributed by atoms with van der Waals surface area (Å²) in [5, 5.41) is 0. The van der Waals surface area contributed by atoms with Crippen molar-refractivity contribution < 1.29 is 4.57 Å². The van der Waals surface area contributed by atoms with Crippen LogP contribution in [0.2, 0.25) is 0 Å². The highest BCUT2D eigenvalue weighted by molar-refractivity contribution is 7.69. The minimum absolute atomic E-state index is 0.660. The minimum atomic E-state index is -2.12. The first-order chi connectivity index (χ1) is 3.68. The maximum atomic E-state index is 11.1. The van der Waals surface area contributed by atoms with Crippen molar-refractivity contribution in [3.8, 4) is 0 Å². The third kappa shape index (κ3) is 2.10. The Bertz CT molecular complexity index is 117. The van der Waals surface area contributed by atoms with Crippen LogP contribution >= 0.6 is 7.29 Å². The molecule has 0 aliphatic heterocycles. The molecule has 0 N–H and O–H groups in total. The molecule has 0 aromatic carbocycles. The second-order valence-corrected chi connectivity index (χ2v) is 5.34. The largest absolute Gasteiger partial charge is 0.298 e. The maximum Gasteiger partial charge on any atom is 0.194 e. The second-order valence-electron chi connectivity index (χ2n) is 1.58. The lowest BCUT2D eigenvalue weighted by molar-refractivity contribution is 0.578. The lowest BCUT2D eigenvalue weighted by Crippen LogP contribution is -1.82. The smallest absolute Gasteiger partial charge is 0.194 e. The van der Waals surface area contributed by atoms with Crippen LogP contribution in [0.1, 0.15) is 13.8 Å². The van der Waals surface area contributed by atoms with E-state index >= 15 is 0 Å². The van der Waals surface area contributed by atoms with E-state index in [2.05, 4.69) is 16.6 Å². The predicted octanol–water partition coefficient (Wildman–Crippen LogP) is 1.50. The fourth-order valence-corrected chi connectivity index (χ4v) is 1.94. The highest BCUT2D eigenvalue weighted by Gasteiger charge is 2.11. The zero-order valence-corrected chi connectivity index (χ0v) is 7.11. The van der Waals surface area contributed by atoms with Gasteiger partial charge in [0.2, 0.25) is 0 Å². The highest BCUT2D eigenvalue weighted by atomic mass is 32.1. The van der Waals surface area contributed by atoms with E-state index < -0.39 is 7.29 Å². The molecule has 8 heavy (non-hydrogen) atoms. The summed E-state index contributed by atoms with van der Waals surface area (Å²) in [7, 11) is -2.12. The Labute approximate surface area is 55.3 Å². The Kier molecular flexibility index (Phi) is 3.58. The van der Waals surface area contributed by atoms with Gasteiger partial charge in [0.15, 0.2) is 7.29 Å². The molecule has 0 amide bonds. The van der Waals surface area contributed by atoms with Gasteiger partial charge in [-0.1, -0.05) is 13.8 Å². The molecule has 0 aliphatic carbocycles. The Hall–Kier alpha value is 0.380. The van der Waals surface area contributed by atoms with Gasteiger partial charge in [0, 0.05) is 12.3 Å². The van der Waals surface area contributed by atoms with Crippen molar-refractivity contribution in [2.24, 2.45) is 4.13 Å². The molecule has 0 spiro atoms. The van der Waals surface area contributed by atoms with Crippen LogP contribution in [0.3, 0.4) is 0 Å². The molecule has 0 fully saturated rings. The third-order valence-electron chi connectivity index (χ3n) is 1.17. The summed E-state index contributed by atoms with van der Waals surface area (Å²) in [6.07, 6.45) is 1.32. The molecule has 0 atom stereocenters. The quantitative estimate of drug-likeness (QED) is 0.565. The van der Waals surface area contributed by atoms with Gasteiger partial charge >= 0.3 is 0 Å². The molecule has 0 radical (unpaired) electrons. The molecular weight excluding hydrogens is 141 g/mol. The van der Waals surface area contributed by atoms with E-state index in [0.717, 1.165) is 0 Å². The van der Waals surface area contributed by atoms with Crippen LogP contribution in [0, 0.1) is 0 Å². The summed E-state index contributed by atoms with van der Waals surface area (Å²) in [5.41, 5.74) is 0. The van der Waals surface area contributed by atoms with E-state index in [9.17, 15) is 4.57 Å². The minimum Gasteiger partial charge on any atom is -0.298 e. The van der Waals surface area contributed by atoms with Crippen LogP contribution in [0.4, 0.5) is 0 Å². The summed E-state index contributed by atoms with van der Waals surface area (Å²) in [6, 6.07) is 0. The summed E-state index contributed by atoms with van der Waals surface area (Å²) in [4.78, 5) is 0. The van der Waals surface area contributed by atoms with Gasteiger partial charge in [0.1, 0.15) is 0 Å². The van der Waals surface area contributed by atoms with Crippen molar-refractivity contribution >= 4 is 19.7 Å². The fraction of sp³-hybridized carbons (Fsp3) is 1.00. The van der Waals surface area contributed by atoms with Crippen molar-refractivity contribution in [3.63, 3.8) is 0 Å². The monoisotopic (exact) mass is 153 g/mol. The lowest BCUT2D eigenvalue weighted by atomic mass is 11.0. The van der Waals surface area contributed by atoms with Crippen molar-refractivity contribution in [1.29, 1.82) is 0 Å². The van der Waals surface area contributed by atoms with E-state index in [1.54, 1.807) is 0 Å². The molecule has 0 bridgehead atoms. The molecule has 0 heterocycles. The Morgan fingerprint density at radius 2 is 1.88 bits per heavy atom. The van der Waals surface area contributed by atoms with E-state index in [1.807, 2.05) is 13.8 Å². The Balaban J connectivity index is 3.99. The van der Waals surface area contributed by atoms with Crippen LogP contribution < -0.4 is 0 Å². The molecule has 0 aromatic heterocycles. The molecule has 0 saturated heterocycles. The van der Waals surface area contributed by atoms with Gasteiger partial charge in [0.05, 0.1) is 0 Å². The molecule has 0 saturated carbocycles. The van der Waals surface area contributed by atoms with Gasteiger partial charge in [-0.2, -0.15) is 0 Å². The summed E-state index contributed by atoms with van der Waals surface area (Å²) < 4.78 is 14.7. The zero-order chi connectivity index (χ0) is 6.62. The average Bonchev–Trinajstić information content (AvgIpc) is 1.87. The lowest BCUT2D eigenvalue weighted by Gasteiger charge is -2.03. The van der Waals surface area contributed by atoms with Gasteiger partial charge in [-0.15, -0.1) is 12.4 Å². The molecule has 4 heteroatoms. The van der Waals surface area contributed by atoms with E-state index in [-0.39, 0.29) is 0 Å². The summed E-state index contributed by atoms with van der Waals surface area (Å²) >= 11 is 2.90. The van der Waals surface area contributed by atoms with E-state index in [4.69, 9.17) is 0 Å². The predicted molar refractivity (Wildman–Crippen MR) is 41.3 cm³/mol. The van der Waals surface area contributed by atoms with Crippen LogP contribution in [-0.2, 0) is 17.0 Å². The van der Waals surface area contributed by atoms with Gasteiger partial charge < -0.3 is 0 Å². The van der Waals surface area contributed by atoms with Crippen molar-refractivity contribution in [2.75, 3.05) is 12.3 Å². The molecule has 0 aliphatic rings. The van der Waals surface area contributed by atoms with Gasteiger partial charge in [-0.05, 0) is 0 Å². The highest BCUT2D eigenvalue weighted by Crippen LogP contribution is 2.45. The average molecular weight is 153 g/mol. The SMILES string of the molecule is CCP(=O)(CC)N=[SH2]. The first-order valence-corrected chi connectivity index (χ1v) is 5.13. The van der Waals surface area contributed by atoms with Crippen LogP contribution in [0.5, 0.6) is 0 Å². The van der Waals surface area contributed by atoms with E-state index in [1.165, 1.54) is 0 Å². The third-order valence-corrected chi connectivity index (χ3v) is 4.60. The Morgan fingerprint density at radius 3 is 1.88 bits per heavy atom. The first kappa shape index (κ1) is 8.38. The Morgan fingerprint density at radius 1 is 1.50 bits per heavy atom. The second kappa shape index (κ2) is 3.41. The first-order valence-electron chi connectivity index (χ1n) is 2.65. The molecule has 50 valence electrons. The van der Waals surface area contributed by atoms with Crippen LogP contribution in [0.25, 0.3) is 0 Å². The number of rotatable bonds is 3. The van der Waals surface area contributed by atoms with Crippen LogP contribution in [0.15, 0.2) is 4.13 Å². The van der Waals surface area contributed by atoms with Gasteiger partial charge in [-0.25, -0.2) is 4.13 Å². The van der Waals surface area contributed by atoms with Crippen molar-refractivity contribution in [2.45, 2.75) is 13.8 Å². The molecule has 0 rings (SSSR count). The fourth-order valence-electron chi connectivity index (χ4n) is 0.365. The maximum absolute atomic E-state index is 11.1. The van der Waals surface area contributed by atoms with Crippen molar-refractivity contribution in [3.05, 3.63) is 0 Å². The normalized spacial score (nSPS) is 11.4. The molecule has 0 aromatic rings. The topological polar surface area (TPSA) is 29.4 Å². The number of hydrogen-bond donors (Lipinski definition) is 0. The molecular formula is C4H12NOPS. The van der Waals surface area contributed by atoms with E-state index in [0.29, 0.717) is 12.3 Å². The zero-order valence-electron chi connectivity index (χ0n) is 5.22. The van der Waals surface area contributed by atoms with Gasteiger partial charge in [0.25, 0.3) is 0 Å². The molecule has 0 unspecified atom stereocenters. The standard InChI is InChI=1S/C4H12NOPS/c1-3-7(6,4-2)5-8/h3-4,8H2,1-2H3.